The first-order valence-electron chi connectivity index (χ1n) is 4.52. The molecule has 60 valence electrons. The Bertz CT molecular complexity index is 84.7. The van der Waals surface area contributed by atoms with Gasteiger partial charge in [-0.1, -0.05) is 26.2 Å². The topological polar surface area (TPSA) is 0 Å². The van der Waals surface area contributed by atoms with Gasteiger partial charge in [0.15, 0.2) is 0 Å². The Morgan fingerprint density at radius 1 is 1.30 bits per heavy atom. The third-order valence-electron chi connectivity index (χ3n) is 2.61. The van der Waals surface area contributed by atoms with Crippen LogP contribution in [0.4, 0.5) is 0 Å². The van der Waals surface area contributed by atoms with Gasteiger partial charge >= 0.3 is 0 Å². The minimum Gasteiger partial charge on any atom is -0.176 e. The quantitative estimate of drug-likeness (QED) is 0.586. The lowest BCUT2D eigenvalue weighted by atomic mass is 9.86. The molecule has 0 unspecified atom stereocenters. The van der Waals surface area contributed by atoms with Crippen LogP contribution in [-0.2, 0) is 0 Å². The summed E-state index contributed by atoms with van der Waals surface area (Å²) in [6.45, 7) is 2.24. The fourth-order valence-corrected chi connectivity index (χ4v) is 2.15. The molecule has 0 heterocycles. The SMILES string of the molecule is CC[C@@H](S)C1CCCCC1. The predicted octanol–water partition coefficient (Wildman–Crippen LogP) is 3.28. The smallest absolute Gasteiger partial charge is 0.00424 e. The van der Waals surface area contributed by atoms with Gasteiger partial charge in [0.2, 0.25) is 0 Å². The Labute approximate surface area is 69.8 Å². The number of thiol groups is 1. The molecule has 1 rings (SSSR count). The van der Waals surface area contributed by atoms with Gasteiger partial charge in [0, 0.05) is 5.25 Å². The van der Waals surface area contributed by atoms with E-state index < -0.39 is 0 Å². The summed E-state index contributed by atoms with van der Waals surface area (Å²) in [5.74, 6) is 0.932. The largest absolute Gasteiger partial charge is 0.176 e. The molecule has 0 aromatic carbocycles. The first-order valence-corrected chi connectivity index (χ1v) is 5.04. The second kappa shape index (κ2) is 4.27. The normalized spacial score (nSPS) is 24.6. The molecule has 1 aliphatic rings. The first kappa shape index (κ1) is 8.45. The summed E-state index contributed by atoms with van der Waals surface area (Å²) in [7, 11) is 0. The molecule has 1 saturated carbocycles. The molecule has 0 saturated heterocycles. The second-order valence-corrected chi connectivity index (χ2v) is 4.04. The van der Waals surface area contributed by atoms with Crippen molar-refractivity contribution in [2.24, 2.45) is 5.92 Å². The van der Waals surface area contributed by atoms with Crippen molar-refractivity contribution in [2.75, 3.05) is 0 Å². The van der Waals surface area contributed by atoms with E-state index in [1.54, 1.807) is 0 Å². The van der Waals surface area contributed by atoms with Gasteiger partial charge < -0.3 is 0 Å². The van der Waals surface area contributed by atoms with E-state index in [-0.39, 0.29) is 0 Å². The van der Waals surface area contributed by atoms with Gasteiger partial charge in [0.05, 0.1) is 0 Å². The molecule has 0 aliphatic heterocycles. The van der Waals surface area contributed by atoms with E-state index in [1.807, 2.05) is 0 Å². The summed E-state index contributed by atoms with van der Waals surface area (Å²) in [4.78, 5) is 0. The molecular formula is C9H18S. The second-order valence-electron chi connectivity index (χ2n) is 3.37. The average molecular weight is 158 g/mol. The van der Waals surface area contributed by atoms with Crippen molar-refractivity contribution in [2.45, 2.75) is 50.7 Å². The average Bonchev–Trinajstić information content (AvgIpc) is 2.05. The molecule has 10 heavy (non-hydrogen) atoms. The molecular weight excluding hydrogens is 140 g/mol. The maximum atomic E-state index is 4.57. The van der Waals surface area contributed by atoms with Crippen LogP contribution in [0.5, 0.6) is 0 Å². The summed E-state index contributed by atoms with van der Waals surface area (Å²) < 4.78 is 0. The Kier molecular flexibility index (Phi) is 3.61. The fraction of sp³-hybridized carbons (Fsp3) is 1.00. The number of hydrogen-bond donors (Lipinski definition) is 1. The molecule has 0 aromatic heterocycles. The summed E-state index contributed by atoms with van der Waals surface area (Å²) in [6.07, 6.45) is 8.46. The van der Waals surface area contributed by atoms with E-state index in [9.17, 15) is 0 Å². The van der Waals surface area contributed by atoms with Crippen LogP contribution in [0.1, 0.15) is 45.4 Å². The Morgan fingerprint density at radius 3 is 2.40 bits per heavy atom. The third kappa shape index (κ3) is 2.19. The Morgan fingerprint density at radius 2 is 1.90 bits per heavy atom. The van der Waals surface area contributed by atoms with E-state index in [0.717, 1.165) is 5.92 Å². The molecule has 1 fully saturated rings. The van der Waals surface area contributed by atoms with Gasteiger partial charge in [-0.15, -0.1) is 0 Å². The standard InChI is InChI=1S/C9H18S/c1-2-9(10)8-6-4-3-5-7-8/h8-10H,2-7H2,1H3/t9-/m1/s1. The van der Waals surface area contributed by atoms with Crippen LogP contribution >= 0.6 is 12.6 Å². The van der Waals surface area contributed by atoms with Crippen LogP contribution in [0.25, 0.3) is 0 Å². The van der Waals surface area contributed by atoms with Crippen LogP contribution in [0.2, 0.25) is 0 Å². The van der Waals surface area contributed by atoms with Gasteiger partial charge in [-0.2, -0.15) is 12.6 Å². The van der Waals surface area contributed by atoms with E-state index in [0.29, 0.717) is 5.25 Å². The van der Waals surface area contributed by atoms with Crippen LogP contribution in [-0.4, -0.2) is 5.25 Å². The van der Waals surface area contributed by atoms with Gasteiger partial charge in [0.1, 0.15) is 0 Å². The maximum absolute atomic E-state index is 4.57. The lowest BCUT2D eigenvalue weighted by molar-refractivity contribution is 0.346. The van der Waals surface area contributed by atoms with Crippen molar-refractivity contribution < 1.29 is 0 Å². The van der Waals surface area contributed by atoms with E-state index in [2.05, 4.69) is 19.6 Å². The van der Waals surface area contributed by atoms with Gasteiger partial charge in [0.25, 0.3) is 0 Å². The lowest BCUT2D eigenvalue weighted by Crippen LogP contribution is -2.17. The van der Waals surface area contributed by atoms with Crippen molar-refractivity contribution in [3.8, 4) is 0 Å². The van der Waals surface area contributed by atoms with Crippen molar-refractivity contribution in [1.82, 2.24) is 0 Å². The van der Waals surface area contributed by atoms with Gasteiger partial charge in [-0.05, 0) is 25.2 Å². The molecule has 0 bridgehead atoms. The van der Waals surface area contributed by atoms with Crippen molar-refractivity contribution in [1.29, 1.82) is 0 Å². The monoisotopic (exact) mass is 158 g/mol. The number of rotatable bonds is 2. The Hall–Kier alpha value is 0.350. The van der Waals surface area contributed by atoms with Crippen LogP contribution in [0, 0.1) is 5.92 Å². The van der Waals surface area contributed by atoms with Crippen LogP contribution in [0.15, 0.2) is 0 Å². The molecule has 0 radical (unpaired) electrons. The Balaban J connectivity index is 2.24. The van der Waals surface area contributed by atoms with Gasteiger partial charge in [-0.25, -0.2) is 0 Å². The highest BCUT2D eigenvalue weighted by atomic mass is 32.1. The lowest BCUT2D eigenvalue weighted by Gasteiger charge is -2.25. The molecule has 0 spiro atoms. The van der Waals surface area contributed by atoms with Crippen molar-refractivity contribution >= 4 is 12.6 Å². The maximum Gasteiger partial charge on any atom is 0.00424 e. The molecule has 1 heteroatoms. The number of hydrogen-bond acceptors (Lipinski definition) is 1. The zero-order valence-corrected chi connectivity index (χ0v) is 7.74. The predicted molar refractivity (Wildman–Crippen MR) is 49.6 cm³/mol. The molecule has 0 aromatic rings. The minimum atomic E-state index is 0.681. The highest BCUT2D eigenvalue weighted by Gasteiger charge is 2.18. The molecule has 1 aliphatic carbocycles. The highest BCUT2D eigenvalue weighted by molar-refractivity contribution is 7.81. The summed E-state index contributed by atoms with van der Waals surface area (Å²) in [6, 6.07) is 0. The molecule has 0 amide bonds. The van der Waals surface area contributed by atoms with Crippen LogP contribution in [0.3, 0.4) is 0 Å². The molecule has 0 nitrogen and oxygen atoms in total. The summed E-state index contributed by atoms with van der Waals surface area (Å²) >= 11 is 4.57. The zero-order valence-electron chi connectivity index (χ0n) is 6.84. The highest BCUT2D eigenvalue weighted by Crippen LogP contribution is 2.30. The molecule has 1 atom stereocenters. The van der Waals surface area contributed by atoms with Crippen molar-refractivity contribution in [3.05, 3.63) is 0 Å². The summed E-state index contributed by atoms with van der Waals surface area (Å²) in [5.41, 5.74) is 0. The van der Waals surface area contributed by atoms with E-state index in [1.165, 1.54) is 38.5 Å². The third-order valence-corrected chi connectivity index (χ3v) is 3.40. The van der Waals surface area contributed by atoms with Crippen molar-refractivity contribution in [3.63, 3.8) is 0 Å². The van der Waals surface area contributed by atoms with E-state index in [4.69, 9.17) is 0 Å². The van der Waals surface area contributed by atoms with Crippen LogP contribution < -0.4 is 0 Å². The minimum absolute atomic E-state index is 0.681. The van der Waals surface area contributed by atoms with Gasteiger partial charge in [-0.3, -0.25) is 0 Å². The molecule has 0 N–H and O–H groups in total. The summed E-state index contributed by atoms with van der Waals surface area (Å²) in [5, 5.41) is 0.681. The fourth-order valence-electron chi connectivity index (χ4n) is 1.85. The zero-order chi connectivity index (χ0) is 7.40. The van der Waals surface area contributed by atoms with E-state index >= 15 is 0 Å². The first-order chi connectivity index (χ1) is 4.84.